The zero-order valence-corrected chi connectivity index (χ0v) is 80.6. The summed E-state index contributed by atoms with van der Waals surface area (Å²) in [6.45, 7) is 4.75. The van der Waals surface area contributed by atoms with Gasteiger partial charge in [0.25, 0.3) is 0 Å². The first-order valence-corrected chi connectivity index (χ1v) is 51.6. The summed E-state index contributed by atoms with van der Waals surface area (Å²) < 4.78 is 19.4. The lowest BCUT2D eigenvalue weighted by molar-refractivity contribution is 0.666. The smallest absolute Gasteiger partial charge is 0.160 e. The highest BCUT2D eigenvalue weighted by Gasteiger charge is 2.39. The summed E-state index contributed by atoms with van der Waals surface area (Å²) in [5, 5.41) is 16.3. The van der Waals surface area contributed by atoms with Crippen molar-refractivity contribution in [1.82, 2.24) is 48.2 Å². The number of nitrogens with zero attached hydrogens (tertiary/aromatic N) is 10. The summed E-state index contributed by atoms with van der Waals surface area (Å²) in [7, 11) is 0. The SMILES string of the molecule is CC1(C)c2ccccc2-c2ccc3c(c21)c1ccccc1n3-c1cccc(-c2nc(-c3ccccc3)nc3c2sc2ccccc23)c1.c1ccc(-c2nc(-c3cccc(-n4c5ccccc5c5c4ccc4c6ccccc6n(-c6ccccc6)c45)c3)c3sc4ccccc4c3n2)cc1.c1ccc(-c2nc(-c3cccc(-n4c5ccccc5c5c6sc7ccccc7c6ccc54)c3)c3sc4ccccc4c3n2)cc1. The van der Waals surface area contributed by atoms with Gasteiger partial charge in [-0.15, -0.1) is 45.3 Å². The van der Waals surface area contributed by atoms with Crippen LogP contribution in [-0.2, 0) is 5.41 Å². The van der Waals surface area contributed by atoms with Gasteiger partial charge in [-0.2, -0.15) is 0 Å². The summed E-state index contributed by atoms with van der Waals surface area (Å²) >= 11 is 7.19. The van der Waals surface area contributed by atoms with Crippen LogP contribution in [0.4, 0.5) is 0 Å². The van der Waals surface area contributed by atoms with Crippen LogP contribution in [0.3, 0.4) is 0 Å². The highest BCUT2D eigenvalue weighted by Crippen LogP contribution is 2.55. The number of para-hydroxylation sites is 5. The lowest BCUT2D eigenvalue weighted by Gasteiger charge is -2.22. The molecule has 143 heavy (non-hydrogen) atoms. The van der Waals surface area contributed by atoms with Crippen LogP contribution >= 0.6 is 45.3 Å². The highest BCUT2D eigenvalue weighted by atomic mass is 32.1. The average molecular weight is 1900 g/mol. The van der Waals surface area contributed by atoms with Crippen LogP contribution in [0.2, 0.25) is 0 Å². The normalized spacial score (nSPS) is 12.5. The van der Waals surface area contributed by atoms with Gasteiger partial charge in [0.05, 0.1) is 91.9 Å². The van der Waals surface area contributed by atoms with Crippen LogP contribution in [0.15, 0.2) is 449 Å². The third kappa shape index (κ3) is 13.0. The number of thiophene rings is 4. The number of benzene rings is 19. The van der Waals surface area contributed by atoms with Crippen LogP contribution in [0.5, 0.6) is 0 Å². The van der Waals surface area contributed by atoms with E-state index >= 15 is 0 Å². The molecule has 0 saturated carbocycles. The molecule has 10 nitrogen and oxygen atoms in total. The summed E-state index contributed by atoms with van der Waals surface area (Å²) in [6.07, 6.45) is 0. The first-order chi connectivity index (χ1) is 70.7. The maximum absolute atomic E-state index is 5.28. The van der Waals surface area contributed by atoms with E-state index in [1.54, 1.807) is 34.0 Å². The molecule has 30 aromatic rings. The Morgan fingerprint density at radius 1 is 0.203 bits per heavy atom. The van der Waals surface area contributed by atoms with Crippen molar-refractivity contribution >= 4 is 214 Å². The Morgan fingerprint density at radius 3 is 0.986 bits per heavy atom. The molecule has 670 valence electrons. The van der Waals surface area contributed by atoms with Crippen LogP contribution in [-0.4, -0.2) is 48.2 Å². The minimum Gasteiger partial charge on any atom is -0.309 e. The Labute approximate surface area is 836 Å². The van der Waals surface area contributed by atoms with E-state index in [4.69, 9.17) is 29.9 Å². The van der Waals surface area contributed by atoms with Gasteiger partial charge < -0.3 is 18.3 Å². The molecule has 0 amide bonds. The van der Waals surface area contributed by atoms with Crippen molar-refractivity contribution in [3.05, 3.63) is 460 Å². The Morgan fingerprint density at radius 2 is 0.524 bits per heavy atom. The molecule has 31 rings (SSSR count). The Kier molecular flexibility index (Phi) is 19.0. The molecule has 0 radical (unpaired) electrons. The average Bonchev–Trinajstić information content (AvgIpc) is 1.56. The van der Waals surface area contributed by atoms with Gasteiger partial charge in [-0.3, -0.25) is 0 Å². The summed E-state index contributed by atoms with van der Waals surface area (Å²) in [6, 6.07) is 161. The summed E-state index contributed by atoms with van der Waals surface area (Å²) in [4.78, 5) is 31.2. The molecule has 0 N–H and O–H groups in total. The van der Waals surface area contributed by atoms with Gasteiger partial charge in [-0.25, -0.2) is 29.9 Å². The number of rotatable bonds is 10. The highest BCUT2D eigenvalue weighted by molar-refractivity contribution is 7.27. The maximum atomic E-state index is 5.28. The Balaban J connectivity index is 0.000000102. The fraction of sp³-hybridized carbons (Fsp3) is 0.0233. The number of hydrogen-bond acceptors (Lipinski definition) is 10. The van der Waals surface area contributed by atoms with Gasteiger partial charge in [0.1, 0.15) is 0 Å². The molecule has 1 aliphatic carbocycles. The Bertz CT molecular complexity index is 10500. The zero-order valence-electron chi connectivity index (χ0n) is 77.3. The van der Waals surface area contributed by atoms with Crippen molar-refractivity contribution in [1.29, 1.82) is 0 Å². The number of fused-ring (bicyclic) bond motifs is 30. The van der Waals surface area contributed by atoms with Crippen molar-refractivity contribution in [3.8, 4) is 102 Å². The number of aromatic nitrogens is 10. The predicted octanol–water partition coefficient (Wildman–Crippen LogP) is 35.6. The Hall–Kier alpha value is -17.5. The van der Waals surface area contributed by atoms with Gasteiger partial charge in [0.15, 0.2) is 17.5 Å². The van der Waals surface area contributed by atoms with E-state index < -0.39 is 0 Å². The molecule has 0 aliphatic heterocycles. The van der Waals surface area contributed by atoms with Gasteiger partial charge in [-0.1, -0.05) is 347 Å². The number of hydrogen-bond donors (Lipinski definition) is 0. The summed E-state index contributed by atoms with van der Waals surface area (Å²) in [5.41, 5.74) is 31.7. The molecule has 0 spiro atoms. The second kappa shape index (κ2) is 32.8. The first kappa shape index (κ1) is 82.6. The predicted molar refractivity (Wildman–Crippen MR) is 605 cm³/mol. The molecule has 11 aromatic heterocycles. The van der Waals surface area contributed by atoms with Crippen molar-refractivity contribution in [2.75, 3.05) is 0 Å². The molecule has 0 bridgehead atoms. The molecule has 19 aromatic carbocycles. The van der Waals surface area contributed by atoms with E-state index in [2.05, 4.69) is 426 Å². The van der Waals surface area contributed by atoms with E-state index in [-0.39, 0.29) is 5.41 Å². The standard InChI is InChI=1S/C46H28N4S.C43H29N3S.C40H23N3S2/c1-3-14-29(15-4-1)46-47-42(45-43(48-46)36-22-9-12-25-40(36)51-45)30-16-13-19-32(28-30)49-38-24-11-8-21-35(38)41-39(49)27-26-34-33-20-7-10-23-37(33)50(44(34)41)31-17-5-2-6-18-31;1-43(2)33-20-9-6-17-29(33)30-23-24-35-37(38(30)43)31-18-7-10-21-34(31)46(35)28-16-12-15-27(25-28)39-41-40(32-19-8-11-22-36(32)47-41)45-42(44-39)26-13-4-3-5-14-26;1-2-11-24(12-3-1)40-41-36(39-37(42-40)30-17-6-9-20-34(30)45-39)25-13-10-14-26(23-25)43-31-18-7-4-16-29(31)35-32(43)22-21-28-27-15-5-8-19-33(27)44-38(28)35/h1-28H;3-25H,1-2H3;1-23H. The van der Waals surface area contributed by atoms with Gasteiger partial charge >= 0.3 is 0 Å². The molecule has 0 atom stereocenters. The quantitative estimate of drug-likeness (QED) is 0.135. The molecular weight excluding hydrogens is 1820 g/mol. The van der Waals surface area contributed by atoms with Crippen LogP contribution in [0.25, 0.3) is 270 Å². The molecule has 1 aliphatic rings. The van der Waals surface area contributed by atoms with Crippen LogP contribution in [0, 0.1) is 0 Å². The van der Waals surface area contributed by atoms with E-state index in [9.17, 15) is 0 Å². The van der Waals surface area contributed by atoms with E-state index in [1.807, 2.05) is 65.9 Å². The second-order valence-corrected chi connectivity index (χ2v) is 41.6. The van der Waals surface area contributed by atoms with E-state index in [0.29, 0.717) is 0 Å². The van der Waals surface area contributed by atoms with Crippen molar-refractivity contribution < 1.29 is 0 Å². The zero-order chi connectivity index (χ0) is 94.2. The van der Waals surface area contributed by atoms with Gasteiger partial charge in [0, 0.05) is 155 Å². The molecule has 14 heteroatoms. The van der Waals surface area contributed by atoms with Crippen molar-refractivity contribution in [2.24, 2.45) is 0 Å². The second-order valence-electron chi connectivity index (χ2n) is 37.4. The molecular formula is C129H80N10S4. The molecule has 0 unspecified atom stereocenters. The molecule has 0 saturated heterocycles. The monoisotopic (exact) mass is 1900 g/mol. The third-order valence-electron chi connectivity index (χ3n) is 28.9. The largest absolute Gasteiger partial charge is 0.309 e. The van der Waals surface area contributed by atoms with Gasteiger partial charge in [0.2, 0.25) is 0 Å². The minimum atomic E-state index is -0.107. The summed E-state index contributed by atoms with van der Waals surface area (Å²) in [5.74, 6) is 2.23. The topological polar surface area (TPSA) is 97.1 Å². The third-order valence-corrected chi connectivity index (χ3v) is 33.6. The fourth-order valence-corrected chi connectivity index (χ4v) is 27.4. The molecule has 11 heterocycles. The van der Waals surface area contributed by atoms with Crippen LogP contribution < -0.4 is 0 Å². The minimum absolute atomic E-state index is 0.107. The van der Waals surface area contributed by atoms with Crippen molar-refractivity contribution in [3.63, 3.8) is 0 Å². The maximum Gasteiger partial charge on any atom is 0.160 e. The lowest BCUT2D eigenvalue weighted by atomic mass is 9.80. The molecule has 0 fully saturated rings. The first-order valence-electron chi connectivity index (χ1n) is 48.3. The van der Waals surface area contributed by atoms with Crippen molar-refractivity contribution in [2.45, 2.75) is 19.3 Å². The lowest BCUT2D eigenvalue weighted by Crippen LogP contribution is -2.15. The fourth-order valence-electron chi connectivity index (χ4n) is 22.6. The van der Waals surface area contributed by atoms with E-state index in [1.165, 1.54) is 155 Å². The van der Waals surface area contributed by atoms with Gasteiger partial charge in [-0.05, 0) is 138 Å². The van der Waals surface area contributed by atoms with E-state index in [0.717, 1.165) is 127 Å². The van der Waals surface area contributed by atoms with Crippen LogP contribution in [0.1, 0.15) is 25.0 Å².